The number of aliphatic imine (C=N–C) groups is 1. The predicted octanol–water partition coefficient (Wildman–Crippen LogP) is 6.75. The van der Waals surface area contributed by atoms with Crippen LogP contribution in [0.2, 0.25) is 0 Å². The minimum Gasteiger partial charge on any atom is -0.493 e. The number of aromatic nitrogens is 1. The second-order valence-electron chi connectivity index (χ2n) is 7.81. The number of thiazole rings is 1. The topological polar surface area (TPSA) is 66.6 Å². The van der Waals surface area contributed by atoms with Crippen molar-refractivity contribution in [3.05, 3.63) is 68.5 Å². The van der Waals surface area contributed by atoms with E-state index in [0.29, 0.717) is 16.9 Å². The quantitative estimate of drug-likeness (QED) is 0.287. The number of carbonyl (C=O) groups excluding carboxylic acids is 1. The highest BCUT2D eigenvalue weighted by molar-refractivity contribution is 7.73. The minimum absolute atomic E-state index is 0.0243. The van der Waals surface area contributed by atoms with Crippen molar-refractivity contribution in [3.8, 4) is 5.88 Å². The van der Waals surface area contributed by atoms with Gasteiger partial charge in [-0.3, -0.25) is 14.4 Å². The molecule has 2 aromatic carbocycles. The molecule has 0 unspecified atom stereocenters. The molecule has 0 fully saturated rings. The van der Waals surface area contributed by atoms with E-state index in [2.05, 4.69) is 10.3 Å². The largest absolute Gasteiger partial charge is 0.493 e. The van der Waals surface area contributed by atoms with Gasteiger partial charge < -0.3 is 10.4 Å². The molecule has 0 saturated heterocycles. The first kappa shape index (κ1) is 22.2. The van der Waals surface area contributed by atoms with Gasteiger partial charge >= 0.3 is 0 Å². The summed E-state index contributed by atoms with van der Waals surface area (Å²) in [5.41, 5.74) is 4.96. The Labute approximate surface area is 196 Å². The molecular formula is C25H25N3O2S2. The number of unbranched alkanes of at least 4 members (excludes halogenated alkanes) is 2. The van der Waals surface area contributed by atoms with Crippen LogP contribution in [-0.4, -0.2) is 21.8 Å². The number of carbonyl (C=O) groups is 1. The van der Waals surface area contributed by atoms with Crippen molar-refractivity contribution in [2.24, 2.45) is 4.99 Å². The molecule has 2 heterocycles. The lowest BCUT2D eigenvalue weighted by atomic mass is 10.1. The van der Waals surface area contributed by atoms with Crippen molar-refractivity contribution in [1.29, 1.82) is 0 Å². The Hall–Kier alpha value is -3.03. The zero-order valence-corrected chi connectivity index (χ0v) is 19.5. The van der Waals surface area contributed by atoms with Crippen LogP contribution < -0.4 is 5.32 Å². The number of hydrogen-bond donors (Lipinski definition) is 2. The van der Waals surface area contributed by atoms with Crippen LogP contribution in [0.4, 0.5) is 11.4 Å². The van der Waals surface area contributed by atoms with Crippen molar-refractivity contribution in [2.45, 2.75) is 39.2 Å². The molecule has 2 N–H and O–H groups in total. The fourth-order valence-corrected chi connectivity index (χ4v) is 4.90. The molecule has 1 aromatic heterocycles. The van der Waals surface area contributed by atoms with E-state index in [1.54, 1.807) is 4.57 Å². The number of rotatable bonds is 8. The van der Waals surface area contributed by atoms with Crippen LogP contribution in [0.25, 0.3) is 11.6 Å². The standard InChI is InChI=1S/C25H25N3O2S2/c1-17-10-12-19(13-11-17)27-23(29)9-3-2-6-14-28-24(30)22(32-25(28)31)15-18-16-26-21-8-5-4-7-20(18)21/h4-5,7-8,10-13,15-16,30H,2-3,6,9,14H2,1H3,(H,27,29)/b18-15+. The first-order chi connectivity index (χ1) is 15.5. The lowest BCUT2D eigenvalue weighted by Crippen LogP contribution is -2.11. The Balaban J connectivity index is 1.28. The maximum absolute atomic E-state index is 12.1. The van der Waals surface area contributed by atoms with Gasteiger partial charge in [0.1, 0.15) is 0 Å². The summed E-state index contributed by atoms with van der Waals surface area (Å²) in [4.78, 5) is 17.3. The lowest BCUT2D eigenvalue weighted by molar-refractivity contribution is -0.116. The smallest absolute Gasteiger partial charge is 0.224 e. The van der Waals surface area contributed by atoms with Crippen LogP contribution in [0.5, 0.6) is 5.88 Å². The Bertz CT molecular complexity index is 1240. The predicted molar refractivity (Wildman–Crippen MR) is 136 cm³/mol. The van der Waals surface area contributed by atoms with E-state index in [1.807, 2.05) is 67.7 Å². The highest BCUT2D eigenvalue weighted by Crippen LogP contribution is 2.35. The van der Waals surface area contributed by atoms with Crippen LogP contribution in [0.3, 0.4) is 0 Å². The van der Waals surface area contributed by atoms with Crippen LogP contribution in [0.15, 0.2) is 53.5 Å². The third-order valence-electron chi connectivity index (χ3n) is 5.36. The summed E-state index contributed by atoms with van der Waals surface area (Å²) in [7, 11) is 0. The van der Waals surface area contributed by atoms with Gasteiger partial charge in [-0.15, -0.1) is 11.3 Å². The van der Waals surface area contributed by atoms with Crippen LogP contribution in [0.1, 0.15) is 41.7 Å². The first-order valence-electron chi connectivity index (χ1n) is 10.7. The molecule has 0 bridgehead atoms. The van der Waals surface area contributed by atoms with Gasteiger partial charge in [-0.2, -0.15) is 0 Å². The molecule has 4 rings (SSSR count). The zero-order chi connectivity index (χ0) is 22.5. The maximum atomic E-state index is 12.1. The molecular weight excluding hydrogens is 438 g/mol. The van der Waals surface area contributed by atoms with Crippen LogP contribution in [0, 0.1) is 10.9 Å². The second kappa shape index (κ2) is 10.1. The van der Waals surface area contributed by atoms with E-state index >= 15 is 0 Å². The molecule has 1 amide bonds. The SMILES string of the molecule is Cc1ccc(NC(=O)CCCCCn2c(O)c(/C=C3\C=Nc4ccccc43)sc2=S)cc1. The van der Waals surface area contributed by atoms with Gasteiger partial charge in [0.05, 0.1) is 10.6 Å². The Kier molecular flexibility index (Phi) is 6.97. The fraction of sp³-hybridized carbons (Fsp3) is 0.240. The summed E-state index contributed by atoms with van der Waals surface area (Å²) in [6.07, 6.45) is 6.76. The molecule has 7 heteroatoms. The summed E-state index contributed by atoms with van der Waals surface area (Å²) in [6, 6.07) is 15.7. The number of fused-ring (bicyclic) bond motifs is 1. The number of benzene rings is 2. The molecule has 0 spiro atoms. The summed E-state index contributed by atoms with van der Waals surface area (Å²) in [5.74, 6) is 0.221. The number of para-hydroxylation sites is 1. The molecule has 0 radical (unpaired) electrons. The van der Waals surface area contributed by atoms with E-state index in [1.165, 1.54) is 16.9 Å². The van der Waals surface area contributed by atoms with E-state index < -0.39 is 0 Å². The lowest BCUT2D eigenvalue weighted by Gasteiger charge is -2.07. The fourth-order valence-electron chi connectivity index (χ4n) is 3.59. The van der Waals surface area contributed by atoms with Gasteiger partial charge in [-0.1, -0.05) is 42.3 Å². The Morgan fingerprint density at radius 1 is 1.16 bits per heavy atom. The number of hydrogen-bond acceptors (Lipinski definition) is 5. The van der Waals surface area contributed by atoms with Crippen LogP contribution in [-0.2, 0) is 11.3 Å². The van der Waals surface area contributed by atoms with Crippen molar-refractivity contribution in [3.63, 3.8) is 0 Å². The summed E-state index contributed by atoms with van der Waals surface area (Å²) < 4.78 is 2.42. The number of nitrogens with zero attached hydrogens (tertiary/aromatic N) is 2. The first-order valence-corrected chi connectivity index (χ1v) is 11.9. The van der Waals surface area contributed by atoms with E-state index in [-0.39, 0.29) is 11.8 Å². The molecule has 1 aliphatic heterocycles. The van der Waals surface area contributed by atoms with Gasteiger partial charge in [-0.05, 0) is 56.3 Å². The highest BCUT2D eigenvalue weighted by atomic mass is 32.1. The molecule has 0 aliphatic carbocycles. The maximum Gasteiger partial charge on any atom is 0.224 e. The van der Waals surface area contributed by atoms with Gasteiger partial charge in [-0.25, -0.2) is 0 Å². The minimum atomic E-state index is 0.0243. The van der Waals surface area contributed by atoms with Gasteiger partial charge in [0, 0.05) is 36.0 Å². The highest BCUT2D eigenvalue weighted by Gasteiger charge is 2.15. The van der Waals surface area contributed by atoms with E-state index in [4.69, 9.17) is 12.2 Å². The molecule has 3 aromatic rings. The number of allylic oxidation sites excluding steroid dienone is 1. The number of nitrogens with one attached hydrogen (secondary N) is 1. The normalized spacial score (nSPS) is 13.5. The van der Waals surface area contributed by atoms with Crippen molar-refractivity contribution in [1.82, 2.24) is 4.57 Å². The van der Waals surface area contributed by atoms with Gasteiger partial charge in [0.2, 0.25) is 11.8 Å². The molecule has 32 heavy (non-hydrogen) atoms. The number of aryl methyl sites for hydroxylation is 1. The summed E-state index contributed by atoms with van der Waals surface area (Å²) >= 11 is 6.87. The molecule has 0 saturated carbocycles. The Morgan fingerprint density at radius 3 is 2.75 bits per heavy atom. The van der Waals surface area contributed by atoms with E-state index in [0.717, 1.165) is 46.7 Å². The zero-order valence-electron chi connectivity index (χ0n) is 17.9. The molecule has 1 aliphatic rings. The second-order valence-corrected chi connectivity index (χ2v) is 9.48. The number of aromatic hydroxyl groups is 1. The third-order valence-corrected chi connectivity index (χ3v) is 6.74. The molecule has 164 valence electrons. The average molecular weight is 464 g/mol. The number of amides is 1. The number of anilines is 1. The molecule has 0 atom stereocenters. The van der Waals surface area contributed by atoms with Crippen molar-refractivity contribution < 1.29 is 9.90 Å². The van der Waals surface area contributed by atoms with Crippen molar-refractivity contribution >= 4 is 58.7 Å². The van der Waals surface area contributed by atoms with Crippen molar-refractivity contribution in [2.75, 3.05) is 5.32 Å². The third kappa shape index (κ3) is 5.23. The van der Waals surface area contributed by atoms with Gasteiger partial charge in [0.25, 0.3) is 0 Å². The van der Waals surface area contributed by atoms with E-state index in [9.17, 15) is 9.90 Å². The summed E-state index contributed by atoms with van der Waals surface area (Å²) in [5, 5.41) is 13.6. The average Bonchev–Trinajstić information content (AvgIpc) is 3.31. The van der Waals surface area contributed by atoms with Gasteiger partial charge in [0.15, 0.2) is 3.95 Å². The van der Waals surface area contributed by atoms with Crippen LogP contribution >= 0.6 is 23.6 Å². The Morgan fingerprint density at radius 2 is 1.94 bits per heavy atom. The summed E-state index contributed by atoms with van der Waals surface area (Å²) in [6.45, 7) is 2.65. The molecule has 5 nitrogen and oxygen atoms in total. The monoisotopic (exact) mass is 463 g/mol.